The number of hydrogen-bond donors (Lipinski definition) is 1. The molecule has 14 heavy (non-hydrogen) atoms. The van der Waals surface area contributed by atoms with Crippen molar-refractivity contribution in [2.45, 2.75) is 25.3 Å². The number of nitrogens with zero attached hydrogens (tertiary/aromatic N) is 1. The number of hydrogen-bond acceptors (Lipinski definition) is 2. The lowest BCUT2D eigenvalue weighted by Gasteiger charge is -2.24. The van der Waals surface area contributed by atoms with Crippen LogP contribution >= 0.6 is 24.8 Å². The van der Waals surface area contributed by atoms with E-state index in [1.165, 1.54) is 12.8 Å². The second-order valence-corrected chi connectivity index (χ2v) is 3.89. The number of carbonyl (C=O) groups excluding carboxylic acids is 1. The van der Waals surface area contributed by atoms with Crippen LogP contribution in [-0.4, -0.2) is 37.0 Å². The van der Waals surface area contributed by atoms with Crippen molar-refractivity contribution in [3.05, 3.63) is 0 Å². The Labute approximate surface area is 97.4 Å². The molecule has 0 unspecified atom stereocenters. The molecule has 5 heteroatoms. The highest BCUT2D eigenvalue weighted by atomic mass is 35.5. The minimum Gasteiger partial charge on any atom is -0.341 e. The summed E-state index contributed by atoms with van der Waals surface area (Å²) in [7, 11) is 1.94. The first kappa shape index (κ1) is 14.0. The average Bonchev–Trinajstić information content (AvgIpc) is 2.19. The lowest BCUT2D eigenvalue weighted by molar-refractivity contribution is -0.134. The van der Waals surface area contributed by atoms with Gasteiger partial charge in [-0.25, -0.2) is 0 Å². The van der Waals surface area contributed by atoms with Gasteiger partial charge in [-0.05, 0) is 12.8 Å². The van der Waals surface area contributed by atoms with E-state index in [1.54, 1.807) is 0 Å². The molecule has 3 nitrogen and oxygen atoms in total. The molecule has 2 heterocycles. The summed E-state index contributed by atoms with van der Waals surface area (Å²) in [4.78, 5) is 13.7. The Bertz CT molecular complexity index is 187. The van der Waals surface area contributed by atoms with Crippen LogP contribution < -0.4 is 5.32 Å². The molecular formula is C9H18Cl2N2O. The molecule has 2 bridgehead atoms. The summed E-state index contributed by atoms with van der Waals surface area (Å²) >= 11 is 0. The standard InChI is InChI=1S/C9H16N2O.2ClH/c1-11-8-4-2-3-7(9(11)12)5-10-6-8;;/h7-8,10H,2-6H2,1H3;2*1H/t7-,8+;;/m0../s1. The highest BCUT2D eigenvalue weighted by Crippen LogP contribution is 2.22. The monoisotopic (exact) mass is 240 g/mol. The summed E-state index contributed by atoms with van der Waals surface area (Å²) in [5.41, 5.74) is 0. The van der Waals surface area contributed by atoms with Crippen molar-refractivity contribution in [1.29, 1.82) is 0 Å². The molecule has 0 aromatic carbocycles. The van der Waals surface area contributed by atoms with Gasteiger partial charge in [-0.3, -0.25) is 4.79 Å². The van der Waals surface area contributed by atoms with Crippen LogP contribution in [0.2, 0.25) is 0 Å². The Morgan fingerprint density at radius 3 is 2.71 bits per heavy atom. The molecule has 2 atom stereocenters. The molecule has 2 fully saturated rings. The van der Waals surface area contributed by atoms with Gasteiger partial charge in [-0.1, -0.05) is 6.42 Å². The normalized spacial score (nSPS) is 31.2. The fraction of sp³-hybridized carbons (Fsp3) is 0.889. The van der Waals surface area contributed by atoms with E-state index < -0.39 is 0 Å². The van der Waals surface area contributed by atoms with E-state index in [0.29, 0.717) is 11.9 Å². The molecule has 1 N–H and O–H groups in total. The molecule has 2 rings (SSSR count). The van der Waals surface area contributed by atoms with Gasteiger partial charge < -0.3 is 10.2 Å². The molecule has 0 saturated carbocycles. The third-order valence-corrected chi connectivity index (χ3v) is 3.11. The van der Waals surface area contributed by atoms with Crippen LogP contribution in [0, 0.1) is 5.92 Å². The minimum absolute atomic E-state index is 0. The smallest absolute Gasteiger partial charge is 0.226 e. The zero-order chi connectivity index (χ0) is 8.55. The average molecular weight is 241 g/mol. The lowest BCUT2D eigenvalue weighted by Crippen LogP contribution is -2.39. The maximum Gasteiger partial charge on any atom is 0.226 e. The largest absolute Gasteiger partial charge is 0.341 e. The van der Waals surface area contributed by atoms with Crippen molar-refractivity contribution in [3.8, 4) is 0 Å². The summed E-state index contributed by atoms with van der Waals surface area (Å²) < 4.78 is 0. The zero-order valence-corrected chi connectivity index (χ0v) is 10.00. The fourth-order valence-corrected chi connectivity index (χ4v) is 2.24. The van der Waals surface area contributed by atoms with Crippen LogP contribution in [0.15, 0.2) is 0 Å². The molecule has 2 aliphatic rings. The second-order valence-electron chi connectivity index (χ2n) is 3.89. The van der Waals surface area contributed by atoms with Gasteiger partial charge in [-0.15, -0.1) is 24.8 Å². The number of amides is 1. The topological polar surface area (TPSA) is 32.3 Å². The summed E-state index contributed by atoms with van der Waals surface area (Å²) in [5, 5.41) is 3.35. The van der Waals surface area contributed by atoms with E-state index in [4.69, 9.17) is 0 Å². The number of nitrogens with one attached hydrogen (secondary N) is 1. The quantitative estimate of drug-likeness (QED) is 0.687. The van der Waals surface area contributed by atoms with Gasteiger partial charge in [0, 0.05) is 26.2 Å². The van der Waals surface area contributed by atoms with E-state index in [9.17, 15) is 4.79 Å². The van der Waals surface area contributed by atoms with Crippen molar-refractivity contribution in [3.63, 3.8) is 0 Å². The molecule has 0 aliphatic carbocycles. The molecule has 1 amide bonds. The molecule has 84 valence electrons. The molecular weight excluding hydrogens is 223 g/mol. The van der Waals surface area contributed by atoms with Crippen molar-refractivity contribution >= 4 is 30.7 Å². The number of fused-ring (bicyclic) bond motifs is 3. The fourth-order valence-electron chi connectivity index (χ4n) is 2.24. The lowest BCUT2D eigenvalue weighted by atomic mass is 10.0. The van der Waals surface area contributed by atoms with Gasteiger partial charge in [0.15, 0.2) is 0 Å². The van der Waals surface area contributed by atoms with E-state index >= 15 is 0 Å². The van der Waals surface area contributed by atoms with Gasteiger partial charge >= 0.3 is 0 Å². The first-order chi connectivity index (χ1) is 5.79. The first-order valence-corrected chi connectivity index (χ1v) is 4.76. The van der Waals surface area contributed by atoms with Crippen LogP contribution in [-0.2, 0) is 4.79 Å². The van der Waals surface area contributed by atoms with Crippen LogP contribution in [0.5, 0.6) is 0 Å². The summed E-state index contributed by atoms with van der Waals surface area (Å²) in [6.07, 6.45) is 3.46. The van der Waals surface area contributed by atoms with E-state index in [2.05, 4.69) is 5.32 Å². The number of halogens is 2. The van der Waals surface area contributed by atoms with Gasteiger partial charge in [0.1, 0.15) is 0 Å². The van der Waals surface area contributed by atoms with Crippen molar-refractivity contribution in [1.82, 2.24) is 10.2 Å². The number of likely N-dealkylation sites (N-methyl/N-ethyl adjacent to an activating group) is 1. The zero-order valence-electron chi connectivity index (χ0n) is 8.36. The SMILES string of the molecule is CN1C(=O)[C@H]2CCC[C@@H]1CNC2.Cl.Cl. The van der Waals surface area contributed by atoms with Crippen molar-refractivity contribution in [2.75, 3.05) is 20.1 Å². The third kappa shape index (κ3) is 2.53. The highest BCUT2D eigenvalue weighted by Gasteiger charge is 2.32. The van der Waals surface area contributed by atoms with Crippen LogP contribution in [0.1, 0.15) is 19.3 Å². The Balaban J connectivity index is 0.000000845. The van der Waals surface area contributed by atoms with E-state index in [1.807, 2.05) is 11.9 Å². The van der Waals surface area contributed by atoms with Crippen LogP contribution in [0.25, 0.3) is 0 Å². The Kier molecular flexibility index (Phi) is 5.79. The molecule has 0 aromatic heterocycles. The number of carbonyl (C=O) groups is 1. The third-order valence-electron chi connectivity index (χ3n) is 3.11. The van der Waals surface area contributed by atoms with Gasteiger partial charge in [-0.2, -0.15) is 0 Å². The van der Waals surface area contributed by atoms with Crippen LogP contribution in [0.3, 0.4) is 0 Å². The Morgan fingerprint density at radius 2 is 2.00 bits per heavy atom. The van der Waals surface area contributed by atoms with E-state index in [-0.39, 0.29) is 30.7 Å². The van der Waals surface area contributed by atoms with Crippen molar-refractivity contribution in [2.24, 2.45) is 5.92 Å². The molecule has 0 spiro atoms. The van der Waals surface area contributed by atoms with Gasteiger partial charge in [0.2, 0.25) is 5.91 Å². The minimum atomic E-state index is 0. The molecule has 0 radical (unpaired) electrons. The van der Waals surface area contributed by atoms with Crippen LogP contribution in [0.4, 0.5) is 0 Å². The first-order valence-electron chi connectivity index (χ1n) is 4.76. The van der Waals surface area contributed by atoms with Gasteiger partial charge in [0.05, 0.1) is 5.92 Å². The number of rotatable bonds is 0. The van der Waals surface area contributed by atoms with Crippen molar-refractivity contribution < 1.29 is 4.79 Å². The molecule has 2 aliphatic heterocycles. The molecule has 2 saturated heterocycles. The molecule has 0 aromatic rings. The maximum atomic E-state index is 11.7. The highest BCUT2D eigenvalue weighted by molar-refractivity contribution is 5.85. The maximum absolute atomic E-state index is 11.7. The summed E-state index contributed by atoms with van der Waals surface area (Å²) in [5.74, 6) is 0.602. The van der Waals surface area contributed by atoms with E-state index in [0.717, 1.165) is 19.5 Å². The summed E-state index contributed by atoms with van der Waals surface area (Å²) in [6.45, 7) is 1.87. The predicted octanol–water partition coefficient (Wildman–Crippen LogP) is 1.06. The Morgan fingerprint density at radius 1 is 1.29 bits per heavy atom. The second kappa shape index (κ2) is 5.79. The summed E-state index contributed by atoms with van der Waals surface area (Å²) in [6, 6.07) is 0.449. The Hall–Kier alpha value is 0.01000. The predicted molar refractivity (Wildman–Crippen MR) is 61.3 cm³/mol. The van der Waals surface area contributed by atoms with Gasteiger partial charge in [0.25, 0.3) is 0 Å².